The van der Waals surface area contributed by atoms with Crippen molar-refractivity contribution in [1.82, 2.24) is 19.4 Å². The summed E-state index contributed by atoms with van der Waals surface area (Å²) in [5.74, 6) is -4.44. The van der Waals surface area contributed by atoms with Crippen LogP contribution in [0, 0.1) is 23.3 Å². The van der Waals surface area contributed by atoms with Crippen LogP contribution in [0.15, 0.2) is 72.3 Å². The molecule has 1 amide bonds. The highest BCUT2D eigenvalue weighted by molar-refractivity contribution is 7.98. The van der Waals surface area contributed by atoms with Crippen LogP contribution in [0.3, 0.4) is 0 Å². The van der Waals surface area contributed by atoms with Crippen molar-refractivity contribution in [2.24, 2.45) is 0 Å². The van der Waals surface area contributed by atoms with Gasteiger partial charge in [0, 0.05) is 43.0 Å². The summed E-state index contributed by atoms with van der Waals surface area (Å²) in [6.45, 7) is 0.304. The lowest BCUT2D eigenvalue weighted by Gasteiger charge is -2.19. The first-order chi connectivity index (χ1) is 16.3. The van der Waals surface area contributed by atoms with Gasteiger partial charge in [0.25, 0.3) is 5.91 Å². The minimum absolute atomic E-state index is 0.172. The number of thioether (sulfide) groups is 1. The number of pyridine rings is 1. The fourth-order valence-corrected chi connectivity index (χ4v) is 4.29. The van der Waals surface area contributed by atoms with Crippen LogP contribution < -0.4 is 0 Å². The number of aromatic nitrogens is 3. The van der Waals surface area contributed by atoms with E-state index in [-0.39, 0.29) is 22.5 Å². The van der Waals surface area contributed by atoms with Crippen LogP contribution in [-0.2, 0) is 12.3 Å². The normalized spacial score (nSPS) is 11.0. The quantitative estimate of drug-likeness (QED) is 0.200. The zero-order valence-corrected chi connectivity index (χ0v) is 18.7. The average molecular weight is 486 g/mol. The van der Waals surface area contributed by atoms with E-state index >= 15 is 0 Å². The molecule has 0 spiro atoms. The molecule has 2 aromatic carbocycles. The van der Waals surface area contributed by atoms with E-state index in [1.807, 2.05) is 0 Å². The number of hydrogen-bond acceptors (Lipinski definition) is 4. The van der Waals surface area contributed by atoms with Crippen molar-refractivity contribution in [3.8, 4) is 5.69 Å². The molecule has 0 saturated carbocycles. The minimum Gasteiger partial charge on any atom is -0.336 e. The van der Waals surface area contributed by atoms with Crippen LogP contribution in [0.4, 0.5) is 17.6 Å². The molecule has 0 saturated heterocycles. The fourth-order valence-electron chi connectivity index (χ4n) is 3.29. The van der Waals surface area contributed by atoms with E-state index in [2.05, 4.69) is 9.97 Å². The summed E-state index contributed by atoms with van der Waals surface area (Å²) in [4.78, 5) is 22.9. The number of carbonyl (C=O) groups is 1. The summed E-state index contributed by atoms with van der Waals surface area (Å²) >= 11 is 0.923. The topological polar surface area (TPSA) is 51.0 Å². The molecule has 34 heavy (non-hydrogen) atoms. The fraction of sp³-hybridized carbons (Fsp3) is 0.125. The lowest BCUT2D eigenvalue weighted by molar-refractivity contribution is 0.0776. The van der Waals surface area contributed by atoms with E-state index in [0.717, 1.165) is 23.4 Å². The van der Waals surface area contributed by atoms with E-state index in [1.165, 1.54) is 39.9 Å². The molecule has 0 aliphatic rings. The number of benzene rings is 2. The summed E-state index contributed by atoms with van der Waals surface area (Å²) in [6.07, 6.45) is 4.58. The third-order valence-corrected chi connectivity index (χ3v) is 6.01. The van der Waals surface area contributed by atoms with Crippen molar-refractivity contribution < 1.29 is 22.4 Å². The smallest absolute Gasteiger partial charge is 0.272 e. The number of amides is 1. The van der Waals surface area contributed by atoms with Crippen LogP contribution in [-0.4, -0.2) is 32.4 Å². The Kier molecular flexibility index (Phi) is 6.97. The molecule has 5 nitrogen and oxygen atoms in total. The molecule has 4 rings (SSSR count). The van der Waals surface area contributed by atoms with E-state index in [0.29, 0.717) is 18.3 Å². The van der Waals surface area contributed by atoms with Gasteiger partial charge in [-0.25, -0.2) is 22.5 Å². The summed E-state index contributed by atoms with van der Waals surface area (Å²) < 4.78 is 56.8. The second-order valence-corrected chi connectivity index (χ2v) is 8.31. The Bertz CT molecular complexity index is 1310. The molecule has 4 aromatic rings. The number of nitrogens with zero attached hydrogens (tertiary/aromatic N) is 4. The Morgan fingerprint density at radius 2 is 1.65 bits per heavy atom. The first-order valence-electron chi connectivity index (χ1n) is 10.1. The van der Waals surface area contributed by atoms with Gasteiger partial charge in [-0.3, -0.25) is 14.3 Å². The van der Waals surface area contributed by atoms with Crippen molar-refractivity contribution in [2.45, 2.75) is 17.5 Å². The summed E-state index contributed by atoms with van der Waals surface area (Å²) in [6, 6.07) is 10.5. The predicted octanol–water partition coefficient (Wildman–Crippen LogP) is 5.39. The van der Waals surface area contributed by atoms with Gasteiger partial charge in [-0.15, -0.1) is 0 Å². The highest BCUT2D eigenvalue weighted by Crippen LogP contribution is 2.29. The van der Waals surface area contributed by atoms with Crippen LogP contribution in [0.1, 0.15) is 21.6 Å². The van der Waals surface area contributed by atoms with Crippen LogP contribution in [0.25, 0.3) is 5.69 Å². The number of rotatable bonds is 7. The van der Waals surface area contributed by atoms with Crippen molar-refractivity contribution in [3.05, 3.63) is 107 Å². The maximum absolute atomic E-state index is 14.1. The van der Waals surface area contributed by atoms with Crippen molar-refractivity contribution in [3.63, 3.8) is 0 Å². The van der Waals surface area contributed by atoms with Gasteiger partial charge >= 0.3 is 0 Å². The number of hydrogen-bond donors (Lipinski definition) is 0. The zero-order chi connectivity index (χ0) is 24.2. The Labute approximate surface area is 197 Å². The van der Waals surface area contributed by atoms with Gasteiger partial charge in [0.05, 0.1) is 6.20 Å². The highest BCUT2D eigenvalue weighted by Gasteiger charge is 2.23. The Morgan fingerprint density at radius 3 is 2.35 bits per heavy atom. The molecule has 0 aliphatic heterocycles. The molecule has 0 unspecified atom stereocenters. The molecule has 0 bridgehead atoms. The predicted molar refractivity (Wildman–Crippen MR) is 119 cm³/mol. The third-order valence-electron chi connectivity index (χ3n) is 5.03. The van der Waals surface area contributed by atoms with Crippen molar-refractivity contribution in [1.29, 1.82) is 0 Å². The van der Waals surface area contributed by atoms with Gasteiger partial charge in [-0.1, -0.05) is 11.8 Å². The second-order valence-electron chi connectivity index (χ2n) is 7.36. The maximum atomic E-state index is 14.1. The van der Waals surface area contributed by atoms with Gasteiger partial charge in [-0.2, -0.15) is 0 Å². The molecule has 0 fully saturated rings. The molecule has 0 radical (unpaired) electrons. The number of halogens is 4. The van der Waals surface area contributed by atoms with Crippen LogP contribution in [0.2, 0.25) is 0 Å². The lowest BCUT2D eigenvalue weighted by atomic mass is 10.2. The largest absolute Gasteiger partial charge is 0.336 e. The van der Waals surface area contributed by atoms with E-state index in [9.17, 15) is 22.4 Å². The second kappa shape index (κ2) is 10.1. The molecule has 0 atom stereocenters. The molecule has 0 N–H and O–H groups in total. The summed E-state index contributed by atoms with van der Waals surface area (Å²) in [5, 5.41) is 0.232. The van der Waals surface area contributed by atoms with E-state index in [1.54, 1.807) is 31.6 Å². The van der Waals surface area contributed by atoms with E-state index < -0.39 is 28.8 Å². The molecule has 10 heteroatoms. The third kappa shape index (κ3) is 4.96. The summed E-state index contributed by atoms with van der Waals surface area (Å²) in [5.41, 5.74) is 1.03. The average Bonchev–Trinajstić information content (AvgIpc) is 3.26. The van der Waals surface area contributed by atoms with Gasteiger partial charge in [0.2, 0.25) is 0 Å². The van der Waals surface area contributed by atoms with Crippen molar-refractivity contribution >= 4 is 17.7 Å². The number of carbonyl (C=O) groups excluding carboxylic acids is 1. The van der Waals surface area contributed by atoms with Crippen LogP contribution >= 0.6 is 11.8 Å². The summed E-state index contributed by atoms with van der Waals surface area (Å²) in [7, 11) is 1.62. The molecule has 2 aromatic heterocycles. The Morgan fingerprint density at radius 1 is 0.971 bits per heavy atom. The molecular formula is C24H18F4N4OS. The molecule has 174 valence electrons. The van der Waals surface area contributed by atoms with Gasteiger partial charge in [-0.05, 0) is 54.1 Å². The zero-order valence-electron chi connectivity index (χ0n) is 17.9. The van der Waals surface area contributed by atoms with Gasteiger partial charge in [0.15, 0.2) is 16.8 Å². The maximum Gasteiger partial charge on any atom is 0.272 e. The monoisotopic (exact) mass is 486 g/mol. The molecule has 0 aliphatic carbocycles. The first kappa shape index (κ1) is 23.5. The minimum atomic E-state index is -1.28. The highest BCUT2D eigenvalue weighted by atomic mass is 32.2. The Hall–Kier alpha value is -3.66. The van der Waals surface area contributed by atoms with Crippen LogP contribution in [0.5, 0.6) is 0 Å². The SMILES string of the molecule is CN(Cc1ccncc1)C(=O)c1cnc(SCc2c(F)ccc(F)c2F)n1-c1ccc(F)cc1. The standard InChI is InChI=1S/C24H18F4N4OS/c1-31(13-15-8-10-29-11-9-15)23(33)21-12-30-24(32(21)17-4-2-16(25)3-5-17)34-14-18-19(26)6-7-20(27)22(18)28/h2-12H,13-14H2,1H3. The lowest BCUT2D eigenvalue weighted by Crippen LogP contribution is -2.28. The molecular weight excluding hydrogens is 468 g/mol. The Balaban J connectivity index is 1.67. The van der Waals surface area contributed by atoms with Gasteiger partial charge < -0.3 is 4.90 Å². The molecule has 2 heterocycles. The van der Waals surface area contributed by atoms with Crippen molar-refractivity contribution in [2.75, 3.05) is 7.05 Å². The van der Waals surface area contributed by atoms with Gasteiger partial charge in [0.1, 0.15) is 17.3 Å². The van der Waals surface area contributed by atoms with E-state index in [4.69, 9.17) is 0 Å². The number of imidazole rings is 1. The first-order valence-corrected chi connectivity index (χ1v) is 11.1.